The highest BCUT2D eigenvalue weighted by molar-refractivity contribution is 7.80. The van der Waals surface area contributed by atoms with Crippen molar-refractivity contribution in [1.82, 2.24) is 5.43 Å². The van der Waals surface area contributed by atoms with E-state index in [1.54, 1.807) is 30.5 Å². The maximum Gasteiger partial charge on any atom is 0.262 e. The van der Waals surface area contributed by atoms with Crippen molar-refractivity contribution < 1.29 is 13.9 Å². The summed E-state index contributed by atoms with van der Waals surface area (Å²) in [7, 11) is 0. The first-order valence-corrected chi connectivity index (χ1v) is 9.43. The van der Waals surface area contributed by atoms with Crippen LogP contribution in [0.1, 0.15) is 5.56 Å². The van der Waals surface area contributed by atoms with Gasteiger partial charge in [-0.3, -0.25) is 10.2 Å². The predicted molar refractivity (Wildman–Crippen MR) is 120 cm³/mol. The standard InChI is InChI=1S/C22H19FN4O2S/c23-17-8-10-19(11-9-17)25-21(28)15-29-20-12-6-16(7-13-20)14-24-27-22(30)26-18-4-2-1-3-5-18/h1-14H,15H2,(H,25,28)(H2,26,27,30)/b24-14-. The minimum absolute atomic E-state index is 0.161. The van der Waals surface area contributed by atoms with E-state index < -0.39 is 0 Å². The van der Waals surface area contributed by atoms with Gasteiger partial charge in [-0.2, -0.15) is 5.10 Å². The van der Waals surface area contributed by atoms with E-state index in [2.05, 4.69) is 21.2 Å². The topological polar surface area (TPSA) is 74.8 Å². The molecule has 0 radical (unpaired) electrons. The zero-order valence-corrected chi connectivity index (χ0v) is 16.7. The van der Waals surface area contributed by atoms with Crippen LogP contribution in [0, 0.1) is 5.82 Å². The Balaban J connectivity index is 1.41. The number of ether oxygens (including phenoxy) is 1. The monoisotopic (exact) mass is 422 g/mol. The molecule has 0 unspecified atom stereocenters. The molecule has 0 heterocycles. The van der Waals surface area contributed by atoms with Gasteiger partial charge in [0, 0.05) is 11.4 Å². The molecule has 0 aromatic heterocycles. The first-order chi connectivity index (χ1) is 14.6. The Kier molecular flexibility index (Phi) is 7.45. The van der Waals surface area contributed by atoms with Crippen molar-refractivity contribution in [2.45, 2.75) is 0 Å². The Labute approximate surface area is 178 Å². The van der Waals surface area contributed by atoms with Crippen LogP contribution in [-0.4, -0.2) is 23.8 Å². The van der Waals surface area contributed by atoms with E-state index in [1.165, 1.54) is 24.3 Å². The molecule has 0 atom stereocenters. The average Bonchev–Trinajstić information content (AvgIpc) is 2.75. The number of carbonyl (C=O) groups is 1. The number of hydrazone groups is 1. The summed E-state index contributed by atoms with van der Waals surface area (Å²) < 4.78 is 18.3. The van der Waals surface area contributed by atoms with Gasteiger partial charge in [0.05, 0.1) is 6.21 Å². The number of thiocarbonyl (C=S) groups is 1. The third-order valence-electron chi connectivity index (χ3n) is 3.79. The fourth-order valence-corrected chi connectivity index (χ4v) is 2.55. The molecule has 0 aliphatic rings. The summed E-state index contributed by atoms with van der Waals surface area (Å²) in [6.07, 6.45) is 1.62. The van der Waals surface area contributed by atoms with Crippen molar-refractivity contribution in [1.29, 1.82) is 0 Å². The molecule has 0 aliphatic heterocycles. The van der Waals surface area contributed by atoms with Gasteiger partial charge in [-0.15, -0.1) is 0 Å². The number of benzene rings is 3. The van der Waals surface area contributed by atoms with Crippen molar-refractivity contribution in [2.24, 2.45) is 5.10 Å². The Morgan fingerprint density at radius 3 is 2.30 bits per heavy atom. The van der Waals surface area contributed by atoms with Crippen molar-refractivity contribution in [3.8, 4) is 5.75 Å². The average molecular weight is 422 g/mol. The van der Waals surface area contributed by atoms with Gasteiger partial charge >= 0.3 is 0 Å². The van der Waals surface area contributed by atoms with Crippen LogP contribution < -0.4 is 20.8 Å². The molecule has 1 amide bonds. The highest BCUT2D eigenvalue weighted by Gasteiger charge is 2.04. The van der Waals surface area contributed by atoms with Gasteiger partial charge in [-0.05, 0) is 78.4 Å². The van der Waals surface area contributed by atoms with E-state index in [0.29, 0.717) is 16.5 Å². The number of hydrogen-bond donors (Lipinski definition) is 3. The summed E-state index contributed by atoms with van der Waals surface area (Å²) in [4.78, 5) is 11.9. The smallest absolute Gasteiger partial charge is 0.262 e. The largest absolute Gasteiger partial charge is 0.484 e. The first-order valence-electron chi connectivity index (χ1n) is 9.02. The molecule has 30 heavy (non-hydrogen) atoms. The molecule has 0 saturated carbocycles. The van der Waals surface area contributed by atoms with Gasteiger partial charge < -0.3 is 15.4 Å². The van der Waals surface area contributed by atoms with E-state index >= 15 is 0 Å². The molecule has 0 saturated heterocycles. The zero-order valence-electron chi connectivity index (χ0n) is 15.8. The Morgan fingerprint density at radius 2 is 1.60 bits per heavy atom. The molecule has 3 N–H and O–H groups in total. The van der Waals surface area contributed by atoms with Crippen molar-refractivity contribution in [3.63, 3.8) is 0 Å². The third-order valence-corrected chi connectivity index (χ3v) is 3.98. The number of rotatable bonds is 7. The van der Waals surface area contributed by atoms with Gasteiger partial charge in [0.15, 0.2) is 11.7 Å². The predicted octanol–water partition coefficient (Wildman–Crippen LogP) is 4.16. The number of carbonyl (C=O) groups excluding carboxylic acids is 1. The zero-order chi connectivity index (χ0) is 21.2. The number of hydrogen-bond acceptors (Lipinski definition) is 4. The minimum Gasteiger partial charge on any atom is -0.484 e. The van der Waals surface area contributed by atoms with E-state index in [0.717, 1.165) is 11.3 Å². The molecular weight excluding hydrogens is 403 g/mol. The van der Waals surface area contributed by atoms with Crippen LogP contribution in [-0.2, 0) is 4.79 Å². The Bertz CT molecular complexity index is 1010. The Morgan fingerprint density at radius 1 is 0.933 bits per heavy atom. The first kappa shape index (κ1) is 20.9. The maximum absolute atomic E-state index is 12.9. The number of para-hydroxylation sites is 1. The van der Waals surface area contributed by atoms with Crippen LogP contribution in [0.2, 0.25) is 0 Å². The lowest BCUT2D eigenvalue weighted by Gasteiger charge is -2.08. The van der Waals surface area contributed by atoms with Crippen LogP contribution >= 0.6 is 12.2 Å². The lowest BCUT2D eigenvalue weighted by molar-refractivity contribution is -0.118. The highest BCUT2D eigenvalue weighted by Crippen LogP contribution is 2.12. The summed E-state index contributed by atoms with van der Waals surface area (Å²) in [6.45, 7) is -0.161. The molecule has 8 heteroatoms. The van der Waals surface area contributed by atoms with E-state index in [9.17, 15) is 9.18 Å². The molecule has 3 rings (SSSR count). The lowest BCUT2D eigenvalue weighted by Crippen LogP contribution is -2.23. The normalized spacial score (nSPS) is 10.4. The van der Waals surface area contributed by atoms with Crippen LogP contribution in [0.3, 0.4) is 0 Å². The van der Waals surface area contributed by atoms with E-state index in [-0.39, 0.29) is 18.3 Å². The molecule has 6 nitrogen and oxygen atoms in total. The van der Waals surface area contributed by atoms with Crippen molar-refractivity contribution in [3.05, 3.63) is 90.2 Å². The summed E-state index contributed by atoms with van der Waals surface area (Å²) in [6, 6.07) is 22.1. The van der Waals surface area contributed by atoms with Crippen LogP contribution in [0.5, 0.6) is 5.75 Å². The lowest BCUT2D eigenvalue weighted by atomic mass is 10.2. The third kappa shape index (κ3) is 6.99. The highest BCUT2D eigenvalue weighted by atomic mass is 32.1. The molecule has 0 spiro atoms. The molecule has 0 bridgehead atoms. The molecule has 3 aromatic rings. The van der Waals surface area contributed by atoms with Crippen LogP contribution in [0.15, 0.2) is 84.0 Å². The fraction of sp³-hybridized carbons (Fsp3) is 0.0455. The van der Waals surface area contributed by atoms with Crippen molar-refractivity contribution in [2.75, 3.05) is 17.2 Å². The van der Waals surface area contributed by atoms with Gasteiger partial charge in [-0.1, -0.05) is 18.2 Å². The number of nitrogens with zero attached hydrogens (tertiary/aromatic N) is 1. The van der Waals surface area contributed by atoms with Gasteiger partial charge in [0.25, 0.3) is 5.91 Å². The summed E-state index contributed by atoms with van der Waals surface area (Å²) in [5.41, 5.74) is 4.94. The van der Waals surface area contributed by atoms with Gasteiger partial charge in [0.2, 0.25) is 0 Å². The molecule has 0 aliphatic carbocycles. The minimum atomic E-state index is -0.364. The van der Waals surface area contributed by atoms with Gasteiger partial charge in [-0.25, -0.2) is 4.39 Å². The van der Waals surface area contributed by atoms with Crippen LogP contribution in [0.25, 0.3) is 0 Å². The number of anilines is 2. The van der Waals surface area contributed by atoms with E-state index in [4.69, 9.17) is 17.0 Å². The van der Waals surface area contributed by atoms with Gasteiger partial charge in [0.1, 0.15) is 11.6 Å². The second kappa shape index (κ2) is 10.7. The Hall–Kier alpha value is -3.78. The molecular formula is C22H19FN4O2S. The molecule has 3 aromatic carbocycles. The quantitative estimate of drug-likeness (QED) is 0.303. The second-order valence-electron chi connectivity index (χ2n) is 6.10. The summed E-state index contributed by atoms with van der Waals surface area (Å²) >= 11 is 5.17. The second-order valence-corrected chi connectivity index (χ2v) is 6.51. The van der Waals surface area contributed by atoms with Crippen molar-refractivity contribution >= 4 is 40.8 Å². The number of halogens is 1. The summed E-state index contributed by atoms with van der Waals surface area (Å²) in [5, 5.41) is 10.1. The number of amides is 1. The molecule has 0 fully saturated rings. The van der Waals surface area contributed by atoms with E-state index in [1.807, 2.05) is 30.3 Å². The van der Waals surface area contributed by atoms with Crippen LogP contribution in [0.4, 0.5) is 15.8 Å². The maximum atomic E-state index is 12.9. The molecule has 152 valence electrons. The summed E-state index contributed by atoms with van der Waals surface area (Å²) in [5.74, 6) is -0.163. The fourth-order valence-electron chi connectivity index (χ4n) is 2.38. The SMILES string of the molecule is O=C(COc1ccc(/C=N\NC(=S)Nc2ccccc2)cc1)Nc1ccc(F)cc1. The number of nitrogens with one attached hydrogen (secondary N) is 3.